The van der Waals surface area contributed by atoms with Crippen LogP contribution in [-0.2, 0) is 41.7 Å². The van der Waals surface area contributed by atoms with Gasteiger partial charge in [-0.25, -0.2) is 9.97 Å². The quantitative estimate of drug-likeness (QED) is 0.158. The van der Waals surface area contributed by atoms with Crippen molar-refractivity contribution in [1.82, 2.24) is 30.0 Å². The van der Waals surface area contributed by atoms with E-state index in [1.807, 2.05) is 283 Å². The van der Waals surface area contributed by atoms with E-state index in [1.54, 1.807) is 29.6 Å². The number of hydrogen-bond donors (Lipinski definition) is 1. The summed E-state index contributed by atoms with van der Waals surface area (Å²) in [5.74, 6) is 1.71. The predicted octanol–water partition coefficient (Wildman–Crippen LogP) is 27.5. The molecule has 12 rings (SSSR count). The normalized spacial score (nSPS) is 11.7. The average Bonchev–Trinajstić information content (AvgIpc) is 1.74. The van der Waals surface area contributed by atoms with Gasteiger partial charge in [0.15, 0.2) is 11.5 Å². The van der Waals surface area contributed by atoms with Crippen LogP contribution in [0, 0.1) is 6.92 Å². The van der Waals surface area contributed by atoms with E-state index in [0.29, 0.717) is 6.79 Å². The number of likely N-dealkylation sites (N-methyl/N-ethyl adjacent to an activating group) is 2. The fourth-order valence-electron chi connectivity index (χ4n) is 8.34. The van der Waals surface area contributed by atoms with Crippen LogP contribution in [0.2, 0.25) is 0 Å². The van der Waals surface area contributed by atoms with Gasteiger partial charge in [0, 0.05) is 38.6 Å². The Morgan fingerprint density at radius 2 is 0.602 bits per heavy atom. The smallest absolute Gasteiger partial charge is 0.231 e. The largest absolute Gasteiger partial charge is 0.454 e. The lowest BCUT2D eigenvalue weighted by Gasteiger charge is -2.28. The number of hydrogen-bond acceptors (Lipinski definition) is 10. The van der Waals surface area contributed by atoms with E-state index in [2.05, 4.69) is 124 Å². The Bertz CT molecular complexity index is 2020. The van der Waals surface area contributed by atoms with Crippen molar-refractivity contribution in [2.75, 3.05) is 80.3 Å². The Balaban J connectivity index is -0.0000000629. The van der Waals surface area contributed by atoms with Crippen molar-refractivity contribution in [1.29, 1.82) is 0 Å². The predicted molar refractivity (Wildman–Crippen MR) is 478 cm³/mol. The Morgan fingerprint density at radius 1 is 0.320 bits per heavy atom. The van der Waals surface area contributed by atoms with E-state index in [-0.39, 0.29) is 14.9 Å². The number of aryl methyl sites for hydroxylation is 5. The molecule has 5 heterocycles. The summed E-state index contributed by atoms with van der Waals surface area (Å²) in [6.45, 7) is 76.5. The second-order valence-corrected chi connectivity index (χ2v) is 18.0. The van der Waals surface area contributed by atoms with Gasteiger partial charge in [0.05, 0.1) is 0 Å². The molecule has 0 saturated carbocycles. The fourth-order valence-corrected chi connectivity index (χ4v) is 8.34. The molecule has 6 aromatic rings. The summed E-state index contributed by atoms with van der Waals surface area (Å²) < 4.78 is 10.3. The van der Waals surface area contributed by atoms with Gasteiger partial charge < -0.3 is 39.1 Å². The van der Waals surface area contributed by atoms with Crippen LogP contribution in [0.1, 0.15) is 306 Å². The van der Waals surface area contributed by atoms with Crippen molar-refractivity contribution >= 4 is 13.6 Å². The van der Waals surface area contributed by atoms with Gasteiger partial charge >= 0.3 is 0 Å². The zero-order chi connectivity index (χ0) is 81.0. The summed E-state index contributed by atoms with van der Waals surface area (Å²) in [5.41, 5.74) is 10.4. The number of likely N-dealkylation sites (tertiary alicyclic amines) is 1. The van der Waals surface area contributed by atoms with E-state index < -0.39 is 0 Å². The van der Waals surface area contributed by atoms with Crippen molar-refractivity contribution in [3.05, 3.63) is 191 Å². The molecule has 0 atom stereocenters. The molecule has 4 aliphatic heterocycles. The van der Waals surface area contributed by atoms with E-state index in [4.69, 9.17) is 19.1 Å². The third-order valence-corrected chi connectivity index (χ3v) is 12.5. The first kappa shape index (κ1) is 133. The molecular formula is C93H182N6O4. The first-order valence-corrected chi connectivity index (χ1v) is 40.5. The summed E-state index contributed by atoms with van der Waals surface area (Å²) in [6.07, 6.45) is 20.8. The minimum absolute atomic E-state index is 0. The van der Waals surface area contributed by atoms with Crippen molar-refractivity contribution in [2.45, 2.75) is 307 Å². The summed E-state index contributed by atoms with van der Waals surface area (Å²) >= 11 is 0. The molecule has 1 aromatic heterocycles. The molecule has 3 saturated heterocycles. The number of fused-ring (bicyclic) bond motifs is 4. The number of piperidine rings is 2. The van der Waals surface area contributed by atoms with E-state index in [0.717, 1.165) is 17.9 Å². The molecule has 6 aliphatic rings. The first-order chi connectivity index (χ1) is 49.9. The summed E-state index contributed by atoms with van der Waals surface area (Å²) in [4.78, 5) is 30.5. The maximum atomic E-state index is 8.00. The monoisotopic (exact) mass is 1450 g/mol. The van der Waals surface area contributed by atoms with E-state index >= 15 is 0 Å². The minimum Gasteiger partial charge on any atom is -0.454 e. The fraction of sp³-hybridized carbons (Fsp3) is 0.613. The Morgan fingerprint density at radius 3 is 0.854 bits per heavy atom. The van der Waals surface area contributed by atoms with Crippen LogP contribution < -0.4 is 14.8 Å². The minimum atomic E-state index is 0. The number of rotatable bonds is 0. The van der Waals surface area contributed by atoms with Crippen molar-refractivity contribution in [3.63, 3.8) is 0 Å². The van der Waals surface area contributed by atoms with Crippen LogP contribution >= 0.6 is 0 Å². The molecule has 5 aromatic carbocycles. The second kappa shape index (κ2) is 132. The highest BCUT2D eigenvalue weighted by Gasteiger charge is 2.13. The molecule has 10 heteroatoms. The van der Waals surface area contributed by atoms with Gasteiger partial charge in [0.1, 0.15) is 19.9 Å². The molecule has 0 radical (unpaired) electrons. The van der Waals surface area contributed by atoms with Crippen LogP contribution in [0.25, 0.3) is 0 Å². The van der Waals surface area contributed by atoms with Gasteiger partial charge in [0.25, 0.3) is 0 Å². The lowest BCUT2D eigenvalue weighted by molar-refractivity contribution is -0.0987. The van der Waals surface area contributed by atoms with Crippen LogP contribution in [-0.4, -0.2) is 119 Å². The van der Waals surface area contributed by atoms with Crippen LogP contribution in [0.5, 0.6) is 11.5 Å². The lowest BCUT2D eigenvalue weighted by Crippen LogP contribution is -2.42. The molecule has 608 valence electrons. The highest BCUT2D eigenvalue weighted by atomic mass is 16.7. The number of aromatic nitrogens is 2. The van der Waals surface area contributed by atoms with E-state index in [9.17, 15) is 0 Å². The van der Waals surface area contributed by atoms with Crippen molar-refractivity contribution < 1.29 is 19.1 Å². The Hall–Kier alpha value is -6.04. The number of benzene rings is 5. The number of piperazine rings is 1. The molecule has 0 spiro atoms. The number of carbonyl (C=O) groups excluding carboxylic acids is 2. The molecule has 2 aliphatic carbocycles. The van der Waals surface area contributed by atoms with Gasteiger partial charge in [-0.05, 0) is 176 Å². The Labute approximate surface area is 648 Å². The summed E-state index contributed by atoms with van der Waals surface area (Å²) in [6, 6.07) is 46.1. The number of nitrogens with zero attached hydrogens (tertiary/aromatic N) is 5. The highest BCUT2D eigenvalue weighted by molar-refractivity contribution is 5.44. The molecule has 3 fully saturated rings. The second-order valence-electron chi connectivity index (χ2n) is 18.0. The molecule has 0 bridgehead atoms. The molecule has 0 unspecified atom stereocenters. The summed E-state index contributed by atoms with van der Waals surface area (Å²) in [7, 11) is 6.54. The lowest BCUT2D eigenvalue weighted by atomic mass is 10.0. The molecule has 10 nitrogen and oxygen atoms in total. The van der Waals surface area contributed by atoms with E-state index in [1.165, 1.54) is 157 Å². The summed E-state index contributed by atoms with van der Waals surface area (Å²) in [5, 5.41) is 3.28. The number of carbonyl (C=O) groups is 2. The number of nitrogens with one attached hydrogen (secondary N) is 1. The van der Waals surface area contributed by atoms with Crippen LogP contribution in [0.4, 0.5) is 0 Å². The van der Waals surface area contributed by atoms with Crippen molar-refractivity contribution in [2.24, 2.45) is 0 Å². The van der Waals surface area contributed by atoms with Gasteiger partial charge in [-0.2, -0.15) is 0 Å². The SMILES string of the molecule is C.C.C1CCNCC1.C=O.C=O.CC.CC.CC.CC.CC.CC.CC.CC.CC.CC.CC.CC.CC.CC.CC.CN1CCCCC1.CN1CCN(C)CC1.Cc1ccc2c(c1)OCO2.c1ccc2c(c1)CCC2.c1ccc2c(c1)CCc1ccccc1C2.c1ccccc1.c1cncnc1. The maximum Gasteiger partial charge on any atom is 0.231 e. The highest BCUT2D eigenvalue weighted by Crippen LogP contribution is 2.32. The molecular weight excluding hydrogens is 1270 g/mol. The van der Waals surface area contributed by atoms with Gasteiger partial charge in [-0.15, -0.1) is 0 Å². The van der Waals surface area contributed by atoms with Gasteiger partial charge in [-0.1, -0.05) is 351 Å². The molecule has 0 amide bonds. The zero-order valence-corrected chi connectivity index (χ0v) is 73.6. The topological polar surface area (TPSA) is 100 Å². The standard InChI is InChI=1S/C15H14.C9H10.C8H8O2.C6H14N2.C6H13N.C6H6.C5H11N.C4H4N2.15C2H6.2CH2O.2CH4/c1-3-7-14-11-15-8-4-2-6-13(15)10-9-12(14)5-1;1-2-5-9-7-3-6-8(9)4-1;1-6-2-3-7-8(4-6)10-5-9-7;1-7-3-5-8(2)6-4-7;1-7-5-3-2-4-6-7;2*1-2-4-6-5-3-1;1-2-5-4-6-3-1;17*1-2;;/h1-8H,9-11H2;1-2,4-5H,3,6-7H2;2-4H,5H2,1H3;3-6H2,1-2H3;2-6H2,1H3;1-6H;6H,1-5H2;1-4H;15*1-2H3;2*1H2;2*1H4. The van der Waals surface area contributed by atoms with Crippen molar-refractivity contribution in [3.8, 4) is 11.5 Å². The zero-order valence-electron chi connectivity index (χ0n) is 73.6. The maximum absolute atomic E-state index is 8.00. The third-order valence-electron chi connectivity index (χ3n) is 12.5. The van der Waals surface area contributed by atoms with Crippen LogP contribution in [0.15, 0.2) is 152 Å². The molecule has 1 N–H and O–H groups in total. The number of ether oxygens (including phenoxy) is 2. The van der Waals surface area contributed by atoms with Gasteiger partial charge in [0.2, 0.25) is 6.79 Å². The first-order valence-electron chi connectivity index (χ1n) is 40.5. The van der Waals surface area contributed by atoms with Crippen LogP contribution in [0.3, 0.4) is 0 Å². The third kappa shape index (κ3) is 90.1. The average molecular weight is 1450 g/mol. The molecule has 103 heavy (non-hydrogen) atoms. The van der Waals surface area contributed by atoms with Gasteiger partial charge in [-0.3, -0.25) is 0 Å². The Kier molecular flexibility index (Phi) is 170.